The van der Waals surface area contributed by atoms with Crippen molar-refractivity contribution in [1.82, 2.24) is 4.90 Å². The second-order valence-electron chi connectivity index (χ2n) is 4.37. The highest BCUT2D eigenvalue weighted by molar-refractivity contribution is 7.91. The zero-order valence-electron chi connectivity index (χ0n) is 10.00. The summed E-state index contributed by atoms with van der Waals surface area (Å²) in [4.78, 5) is 12.7. The van der Waals surface area contributed by atoms with Crippen LogP contribution in [0.1, 0.15) is 29.3 Å². The molecule has 18 heavy (non-hydrogen) atoms. The van der Waals surface area contributed by atoms with Gasteiger partial charge < -0.3 is 9.52 Å². The van der Waals surface area contributed by atoms with E-state index in [-0.39, 0.29) is 23.3 Å². The second-order valence-corrected chi connectivity index (χ2v) is 6.67. The number of aromatic carboxylic acids is 1. The second kappa shape index (κ2) is 4.74. The molecule has 1 aromatic rings. The highest BCUT2D eigenvalue weighted by Gasteiger charge is 2.27. The topological polar surface area (TPSA) is 87.8 Å². The molecule has 0 aromatic carbocycles. The Hall–Kier alpha value is -1.34. The minimum absolute atomic E-state index is 0.0959. The molecule has 1 fully saturated rings. The summed E-state index contributed by atoms with van der Waals surface area (Å²) in [5.41, 5.74) is 0. The van der Waals surface area contributed by atoms with Gasteiger partial charge in [0.05, 0.1) is 17.5 Å². The number of hydrogen-bond acceptors (Lipinski definition) is 5. The van der Waals surface area contributed by atoms with E-state index in [1.807, 2.05) is 11.8 Å². The fraction of sp³-hybridized carbons (Fsp3) is 0.545. The Labute approximate surface area is 105 Å². The molecule has 0 spiro atoms. The molecule has 0 saturated carbocycles. The molecule has 0 radical (unpaired) electrons. The number of rotatable bonds is 3. The molecule has 2 rings (SSSR count). The van der Waals surface area contributed by atoms with Crippen molar-refractivity contribution < 1.29 is 22.7 Å². The number of furan rings is 1. The van der Waals surface area contributed by atoms with Gasteiger partial charge in [-0.2, -0.15) is 0 Å². The molecule has 1 unspecified atom stereocenters. The van der Waals surface area contributed by atoms with Gasteiger partial charge in [-0.25, -0.2) is 13.2 Å². The zero-order valence-corrected chi connectivity index (χ0v) is 10.8. The van der Waals surface area contributed by atoms with Crippen LogP contribution in [0.5, 0.6) is 0 Å². The third-order valence-electron chi connectivity index (χ3n) is 3.18. The van der Waals surface area contributed by atoms with Crippen LogP contribution in [0.4, 0.5) is 0 Å². The van der Waals surface area contributed by atoms with Crippen LogP contribution in [0.2, 0.25) is 0 Å². The van der Waals surface area contributed by atoms with Gasteiger partial charge in [-0.15, -0.1) is 0 Å². The van der Waals surface area contributed by atoms with E-state index in [1.165, 1.54) is 6.07 Å². The van der Waals surface area contributed by atoms with Crippen LogP contribution < -0.4 is 0 Å². The zero-order chi connectivity index (χ0) is 13.3. The van der Waals surface area contributed by atoms with Crippen LogP contribution in [0.25, 0.3) is 0 Å². The van der Waals surface area contributed by atoms with Gasteiger partial charge in [0.1, 0.15) is 5.76 Å². The molecule has 100 valence electrons. The number of carbonyl (C=O) groups is 1. The van der Waals surface area contributed by atoms with Crippen molar-refractivity contribution in [3.8, 4) is 0 Å². The molecular formula is C11H15NO5S. The maximum atomic E-state index is 11.3. The summed E-state index contributed by atoms with van der Waals surface area (Å²) in [6, 6.07) is 2.92. The number of carboxylic acid groups (broad SMARTS) is 1. The van der Waals surface area contributed by atoms with Crippen molar-refractivity contribution in [2.45, 2.75) is 13.0 Å². The number of carboxylic acids is 1. The van der Waals surface area contributed by atoms with E-state index in [1.54, 1.807) is 6.07 Å². The van der Waals surface area contributed by atoms with E-state index >= 15 is 0 Å². The lowest BCUT2D eigenvalue weighted by molar-refractivity contribution is 0.0656. The monoisotopic (exact) mass is 273 g/mol. The van der Waals surface area contributed by atoms with Crippen molar-refractivity contribution in [3.05, 3.63) is 23.7 Å². The average Bonchev–Trinajstić information content (AvgIpc) is 2.77. The van der Waals surface area contributed by atoms with Crippen molar-refractivity contribution in [2.24, 2.45) is 0 Å². The third-order valence-corrected chi connectivity index (χ3v) is 4.79. The lowest BCUT2D eigenvalue weighted by Crippen LogP contribution is -2.41. The van der Waals surface area contributed by atoms with Gasteiger partial charge in [0.25, 0.3) is 0 Å². The molecule has 0 aliphatic carbocycles. The highest BCUT2D eigenvalue weighted by atomic mass is 32.2. The van der Waals surface area contributed by atoms with Gasteiger partial charge >= 0.3 is 5.97 Å². The summed E-state index contributed by atoms with van der Waals surface area (Å²) in [6.07, 6.45) is 0. The lowest BCUT2D eigenvalue weighted by atomic mass is 10.2. The first-order valence-electron chi connectivity index (χ1n) is 5.66. The maximum absolute atomic E-state index is 11.3. The standard InChI is InChI=1S/C11H15NO5S/c1-8(9-2-3-10(17-9)11(13)14)12-4-6-18(15,16)7-5-12/h2-3,8H,4-7H2,1H3,(H,13,14). The first-order valence-corrected chi connectivity index (χ1v) is 7.49. The molecule has 1 aliphatic rings. The molecule has 1 N–H and O–H groups in total. The Bertz CT molecular complexity index is 534. The van der Waals surface area contributed by atoms with Crippen molar-refractivity contribution in [2.75, 3.05) is 24.6 Å². The average molecular weight is 273 g/mol. The molecule has 0 bridgehead atoms. The summed E-state index contributed by atoms with van der Waals surface area (Å²) in [5.74, 6) is -0.365. The Kier molecular flexibility index (Phi) is 3.45. The van der Waals surface area contributed by atoms with Crippen LogP contribution >= 0.6 is 0 Å². The Balaban J connectivity index is 2.07. The number of nitrogens with zero attached hydrogens (tertiary/aromatic N) is 1. The molecule has 1 aliphatic heterocycles. The summed E-state index contributed by atoms with van der Waals surface area (Å²) in [5, 5.41) is 8.77. The molecule has 6 nitrogen and oxygen atoms in total. The summed E-state index contributed by atoms with van der Waals surface area (Å²) < 4.78 is 27.9. The SMILES string of the molecule is CC(c1ccc(C(=O)O)o1)N1CCS(=O)(=O)CC1. The first kappa shape index (κ1) is 13.1. The molecule has 7 heteroatoms. The molecule has 0 amide bonds. The normalized spacial score (nSPS) is 21.6. The molecule has 2 heterocycles. The van der Waals surface area contributed by atoms with E-state index in [0.29, 0.717) is 18.8 Å². The van der Waals surface area contributed by atoms with Crippen LogP contribution in [0.15, 0.2) is 16.5 Å². The highest BCUT2D eigenvalue weighted by Crippen LogP contribution is 2.24. The smallest absolute Gasteiger partial charge is 0.371 e. The molecule has 1 saturated heterocycles. The molecule has 1 atom stereocenters. The van der Waals surface area contributed by atoms with E-state index in [4.69, 9.17) is 9.52 Å². The van der Waals surface area contributed by atoms with Gasteiger partial charge in [-0.3, -0.25) is 4.90 Å². The lowest BCUT2D eigenvalue weighted by Gasteiger charge is -2.30. The van der Waals surface area contributed by atoms with Crippen LogP contribution in [-0.2, 0) is 9.84 Å². The Morgan fingerprint density at radius 3 is 2.50 bits per heavy atom. The van der Waals surface area contributed by atoms with Crippen molar-refractivity contribution in [1.29, 1.82) is 0 Å². The van der Waals surface area contributed by atoms with E-state index < -0.39 is 15.8 Å². The molecule has 1 aromatic heterocycles. The van der Waals surface area contributed by atoms with Gasteiger partial charge in [0, 0.05) is 13.1 Å². The predicted octanol–water partition coefficient (Wildman–Crippen LogP) is 0.769. The van der Waals surface area contributed by atoms with Crippen LogP contribution in [-0.4, -0.2) is 49.0 Å². The Morgan fingerprint density at radius 2 is 2.00 bits per heavy atom. The summed E-state index contributed by atoms with van der Waals surface area (Å²) >= 11 is 0. The minimum Gasteiger partial charge on any atom is -0.475 e. The minimum atomic E-state index is -2.91. The maximum Gasteiger partial charge on any atom is 0.371 e. The van der Waals surface area contributed by atoms with Gasteiger partial charge in [-0.1, -0.05) is 0 Å². The number of hydrogen-bond donors (Lipinski definition) is 1. The molecular weight excluding hydrogens is 258 g/mol. The van der Waals surface area contributed by atoms with Gasteiger partial charge in [0.2, 0.25) is 5.76 Å². The quantitative estimate of drug-likeness (QED) is 0.875. The fourth-order valence-corrected chi connectivity index (χ4v) is 3.22. The van der Waals surface area contributed by atoms with E-state index in [9.17, 15) is 13.2 Å². The van der Waals surface area contributed by atoms with Crippen LogP contribution in [0, 0.1) is 0 Å². The summed E-state index contributed by atoms with van der Waals surface area (Å²) in [6.45, 7) is 2.78. The number of sulfone groups is 1. The van der Waals surface area contributed by atoms with Gasteiger partial charge in [0.15, 0.2) is 9.84 Å². The fourth-order valence-electron chi connectivity index (χ4n) is 1.99. The van der Waals surface area contributed by atoms with Crippen molar-refractivity contribution in [3.63, 3.8) is 0 Å². The Morgan fingerprint density at radius 1 is 1.39 bits per heavy atom. The summed E-state index contributed by atoms with van der Waals surface area (Å²) in [7, 11) is -2.91. The predicted molar refractivity (Wildman–Crippen MR) is 64.3 cm³/mol. The third kappa shape index (κ3) is 2.73. The van der Waals surface area contributed by atoms with E-state index in [2.05, 4.69) is 0 Å². The largest absolute Gasteiger partial charge is 0.475 e. The van der Waals surface area contributed by atoms with Crippen LogP contribution in [0.3, 0.4) is 0 Å². The first-order chi connectivity index (χ1) is 8.39. The van der Waals surface area contributed by atoms with Crippen molar-refractivity contribution >= 4 is 15.8 Å². The van der Waals surface area contributed by atoms with E-state index in [0.717, 1.165) is 0 Å². The van der Waals surface area contributed by atoms with Gasteiger partial charge in [-0.05, 0) is 19.1 Å².